The molecule has 2 atom stereocenters. The molecule has 0 saturated carbocycles. The fourth-order valence-corrected chi connectivity index (χ4v) is 1.18. The molecule has 74 valence electrons. The van der Waals surface area contributed by atoms with Gasteiger partial charge in [-0.3, -0.25) is 0 Å². The van der Waals surface area contributed by atoms with Crippen molar-refractivity contribution in [2.75, 3.05) is 0 Å². The lowest BCUT2D eigenvalue weighted by molar-refractivity contribution is 0.0511. The Morgan fingerprint density at radius 1 is 1.36 bits per heavy atom. The summed E-state index contributed by atoms with van der Waals surface area (Å²) in [6, 6.07) is 5.47. The molecule has 0 saturated heterocycles. The molecule has 0 aliphatic heterocycles. The van der Waals surface area contributed by atoms with Crippen molar-refractivity contribution in [2.24, 2.45) is 0 Å². The van der Waals surface area contributed by atoms with Crippen LogP contribution in [0.15, 0.2) is 18.2 Å². The number of phenols is 1. The summed E-state index contributed by atoms with van der Waals surface area (Å²) in [5.41, 5.74) is 0.0338. The van der Waals surface area contributed by atoms with Crippen molar-refractivity contribution in [3.63, 3.8) is 0 Å². The van der Waals surface area contributed by atoms with Gasteiger partial charge in [-0.15, -0.1) is 0 Å². The summed E-state index contributed by atoms with van der Waals surface area (Å²) < 4.78 is 0. The van der Waals surface area contributed by atoms with Gasteiger partial charge in [0.2, 0.25) is 0 Å². The predicted molar refractivity (Wildman–Crippen MR) is 49.7 cm³/mol. The molecular weight excluding hydrogens is 206 g/mol. The Balaban J connectivity index is 3.07. The molecule has 2 unspecified atom stereocenters. The third-order valence-corrected chi connectivity index (χ3v) is 1.97. The molecule has 1 rings (SSSR count). The van der Waals surface area contributed by atoms with Crippen molar-refractivity contribution in [2.45, 2.75) is 12.2 Å². The van der Waals surface area contributed by atoms with E-state index in [1.807, 2.05) is 0 Å². The summed E-state index contributed by atoms with van der Waals surface area (Å²) in [5.74, 6) is -0.212. The average Bonchev–Trinajstić information content (AvgIpc) is 2.19. The van der Waals surface area contributed by atoms with E-state index >= 15 is 0 Å². The quantitative estimate of drug-likeness (QED) is 0.639. The molecule has 0 aromatic heterocycles. The summed E-state index contributed by atoms with van der Waals surface area (Å²) in [7, 11) is 0. The van der Waals surface area contributed by atoms with Gasteiger partial charge in [0, 0.05) is 10.6 Å². The Morgan fingerprint density at radius 3 is 2.57 bits per heavy atom. The van der Waals surface area contributed by atoms with E-state index in [9.17, 15) is 10.2 Å². The summed E-state index contributed by atoms with van der Waals surface area (Å²) in [4.78, 5) is 0. The summed E-state index contributed by atoms with van der Waals surface area (Å²) in [6.45, 7) is 0. The molecule has 0 heterocycles. The zero-order chi connectivity index (χ0) is 10.7. The SMILES string of the molecule is N#CC(O)C(O)c1cc(Cl)ccc1O. The van der Waals surface area contributed by atoms with Crippen molar-refractivity contribution in [1.29, 1.82) is 5.26 Å². The van der Waals surface area contributed by atoms with Gasteiger partial charge in [0.25, 0.3) is 0 Å². The van der Waals surface area contributed by atoms with Crippen LogP contribution in [0.5, 0.6) is 5.75 Å². The van der Waals surface area contributed by atoms with Crippen LogP contribution >= 0.6 is 11.6 Å². The monoisotopic (exact) mass is 213 g/mol. The summed E-state index contributed by atoms with van der Waals surface area (Å²) >= 11 is 5.62. The van der Waals surface area contributed by atoms with E-state index < -0.39 is 12.2 Å². The van der Waals surface area contributed by atoms with E-state index in [1.54, 1.807) is 0 Å². The highest BCUT2D eigenvalue weighted by molar-refractivity contribution is 6.30. The maximum absolute atomic E-state index is 9.40. The van der Waals surface area contributed by atoms with E-state index in [-0.39, 0.29) is 11.3 Å². The second-order valence-electron chi connectivity index (χ2n) is 2.72. The highest BCUT2D eigenvalue weighted by Gasteiger charge is 2.20. The number of aliphatic hydroxyl groups is 2. The van der Waals surface area contributed by atoms with Crippen LogP contribution in [0.4, 0.5) is 0 Å². The molecule has 4 nitrogen and oxygen atoms in total. The average molecular weight is 214 g/mol. The predicted octanol–water partition coefficient (Wildman–Crippen LogP) is 0.963. The number of aliphatic hydroxyl groups excluding tert-OH is 2. The molecule has 5 heteroatoms. The number of phenolic OH excluding ortho intramolecular Hbond substituents is 1. The molecule has 0 fully saturated rings. The van der Waals surface area contributed by atoms with Gasteiger partial charge < -0.3 is 15.3 Å². The van der Waals surface area contributed by atoms with Crippen molar-refractivity contribution in [3.05, 3.63) is 28.8 Å². The van der Waals surface area contributed by atoms with Crippen LogP contribution in [0.25, 0.3) is 0 Å². The van der Waals surface area contributed by atoms with Gasteiger partial charge in [-0.25, -0.2) is 0 Å². The number of hydrogen-bond acceptors (Lipinski definition) is 4. The Kier molecular flexibility index (Phi) is 3.31. The maximum Gasteiger partial charge on any atom is 0.170 e. The van der Waals surface area contributed by atoms with E-state index in [1.165, 1.54) is 24.3 Å². The molecule has 0 radical (unpaired) electrons. The van der Waals surface area contributed by atoms with E-state index in [0.717, 1.165) is 0 Å². The number of hydrogen-bond donors (Lipinski definition) is 3. The number of rotatable bonds is 2. The normalized spacial score (nSPS) is 14.4. The third kappa shape index (κ3) is 2.15. The smallest absolute Gasteiger partial charge is 0.170 e. The van der Waals surface area contributed by atoms with Crippen LogP contribution in [0.3, 0.4) is 0 Å². The fraction of sp³-hybridized carbons (Fsp3) is 0.222. The first kappa shape index (κ1) is 10.8. The zero-order valence-corrected chi connectivity index (χ0v) is 7.81. The molecular formula is C9H8ClNO3. The maximum atomic E-state index is 9.40. The zero-order valence-electron chi connectivity index (χ0n) is 7.05. The fourth-order valence-electron chi connectivity index (χ4n) is 1.00. The molecule has 0 aliphatic rings. The molecule has 1 aromatic carbocycles. The third-order valence-electron chi connectivity index (χ3n) is 1.74. The Hall–Kier alpha value is -1.28. The van der Waals surface area contributed by atoms with Gasteiger partial charge in [0.05, 0.1) is 6.07 Å². The Labute approximate surface area is 85.6 Å². The molecule has 1 aromatic rings. The number of halogens is 1. The molecule has 3 N–H and O–H groups in total. The topological polar surface area (TPSA) is 84.5 Å². The molecule has 0 spiro atoms. The van der Waals surface area contributed by atoms with Crippen molar-refractivity contribution in [1.82, 2.24) is 0 Å². The van der Waals surface area contributed by atoms with Gasteiger partial charge in [-0.05, 0) is 18.2 Å². The van der Waals surface area contributed by atoms with Gasteiger partial charge >= 0.3 is 0 Å². The van der Waals surface area contributed by atoms with E-state index in [4.69, 9.17) is 22.0 Å². The lowest BCUT2D eigenvalue weighted by Gasteiger charge is -2.13. The van der Waals surface area contributed by atoms with Gasteiger partial charge in [-0.1, -0.05) is 11.6 Å². The van der Waals surface area contributed by atoms with E-state index in [2.05, 4.69) is 0 Å². The highest BCUT2D eigenvalue weighted by atomic mass is 35.5. The lowest BCUT2D eigenvalue weighted by Crippen LogP contribution is -2.15. The number of nitrogens with zero attached hydrogens (tertiary/aromatic N) is 1. The minimum Gasteiger partial charge on any atom is -0.508 e. The first-order valence-electron chi connectivity index (χ1n) is 3.80. The van der Waals surface area contributed by atoms with Crippen LogP contribution in [0.2, 0.25) is 5.02 Å². The molecule has 0 bridgehead atoms. The minimum absolute atomic E-state index is 0.0338. The minimum atomic E-state index is -1.58. The van der Waals surface area contributed by atoms with Crippen LogP contribution in [-0.2, 0) is 0 Å². The van der Waals surface area contributed by atoms with Crippen LogP contribution in [0, 0.1) is 11.3 Å². The molecule has 14 heavy (non-hydrogen) atoms. The summed E-state index contributed by atoms with van der Waals surface area (Å²) in [5, 5.41) is 36.4. The molecule has 0 aliphatic carbocycles. The van der Waals surface area contributed by atoms with Gasteiger partial charge in [0.1, 0.15) is 11.9 Å². The number of aromatic hydroxyl groups is 1. The van der Waals surface area contributed by atoms with Gasteiger partial charge in [0.15, 0.2) is 6.10 Å². The Morgan fingerprint density at radius 2 is 2.00 bits per heavy atom. The van der Waals surface area contributed by atoms with Gasteiger partial charge in [-0.2, -0.15) is 5.26 Å². The Bertz CT molecular complexity index is 375. The van der Waals surface area contributed by atoms with Crippen molar-refractivity contribution >= 4 is 11.6 Å². The standard InChI is InChI=1S/C9H8ClNO3/c10-5-1-2-7(12)6(3-5)9(14)8(13)4-11/h1-3,8-9,12-14H. The van der Waals surface area contributed by atoms with Crippen LogP contribution < -0.4 is 0 Å². The van der Waals surface area contributed by atoms with E-state index in [0.29, 0.717) is 5.02 Å². The molecule has 0 amide bonds. The largest absolute Gasteiger partial charge is 0.508 e. The lowest BCUT2D eigenvalue weighted by atomic mass is 10.0. The highest BCUT2D eigenvalue weighted by Crippen LogP contribution is 2.28. The van der Waals surface area contributed by atoms with Crippen molar-refractivity contribution < 1.29 is 15.3 Å². The van der Waals surface area contributed by atoms with Crippen LogP contribution in [0.1, 0.15) is 11.7 Å². The first-order valence-corrected chi connectivity index (χ1v) is 4.18. The second-order valence-corrected chi connectivity index (χ2v) is 3.16. The first-order chi connectivity index (χ1) is 6.56. The summed E-state index contributed by atoms with van der Waals surface area (Å²) in [6.07, 6.45) is -3.04. The second kappa shape index (κ2) is 4.29. The van der Waals surface area contributed by atoms with Crippen LogP contribution in [-0.4, -0.2) is 21.4 Å². The van der Waals surface area contributed by atoms with Crippen molar-refractivity contribution in [3.8, 4) is 11.8 Å². The number of nitriles is 1. The number of benzene rings is 1.